The van der Waals surface area contributed by atoms with E-state index in [4.69, 9.17) is 5.11 Å². The Morgan fingerprint density at radius 1 is 1.15 bits per heavy atom. The fraction of sp³-hybridized carbons (Fsp3) is 0.867. The van der Waals surface area contributed by atoms with Gasteiger partial charge in [-0.05, 0) is 37.0 Å². The number of carboxylic acids is 1. The van der Waals surface area contributed by atoms with Crippen LogP contribution >= 0.6 is 0 Å². The topological polar surface area (TPSA) is 78.4 Å². The number of hydrogen-bond donors (Lipinski definition) is 3. The zero-order valence-corrected chi connectivity index (χ0v) is 12.9. The van der Waals surface area contributed by atoms with Gasteiger partial charge in [0.2, 0.25) is 0 Å². The molecule has 0 aromatic carbocycles. The number of carbonyl (C=O) groups is 2. The van der Waals surface area contributed by atoms with Gasteiger partial charge >= 0.3 is 12.0 Å². The lowest BCUT2D eigenvalue weighted by Gasteiger charge is -2.29. The Labute approximate surface area is 121 Å². The van der Waals surface area contributed by atoms with Crippen molar-refractivity contribution in [2.45, 2.75) is 65.3 Å². The van der Waals surface area contributed by atoms with Crippen molar-refractivity contribution in [2.75, 3.05) is 6.54 Å². The first-order valence-corrected chi connectivity index (χ1v) is 7.55. The average molecular weight is 284 g/mol. The van der Waals surface area contributed by atoms with Crippen molar-refractivity contribution in [3.8, 4) is 0 Å². The van der Waals surface area contributed by atoms with Crippen molar-refractivity contribution in [1.82, 2.24) is 10.6 Å². The summed E-state index contributed by atoms with van der Waals surface area (Å²) in [5.74, 6) is -0.183. The van der Waals surface area contributed by atoms with Crippen LogP contribution < -0.4 is 10.6 Å². The van der Waals surface area contributed by atoms with Gasteiger partial charge in [-0.1, -0.05) is 27.2 Å². The minimum atomic E-state index is -0.896. The van der Waals surface area contributed by atoms with Crippen molar-refractivity contribution in [3.05, 3.63) is 0 Å². The highest BCUT2D eigenvalue weighted by Gasteiger charge is 2.28. The molecule has 0 saturated heterocycles. The number of carboxylic acid groups (broad SMARTS) is 1. The lowest BCUT2D eigenvalue weighted by molar-refractivity contribution is -0.136. The maximum Gasteiger partial charge on any atom is 0.315 e. The van der Waals surface area contributed by atoms with Gasteiger partial charge in [-0.25, -0.2) is 4.79 Å². The van der Waals surface area contributed by atoms with Crippen molar-refractivity contribution < 1.29 is 14.7 Å². The summed E-state index contributed by atoms with van der Waals surface area (Å²) in [5.41, 5.74) is 0.332. The molecular weight excluding hydrogens is 256 g/mol. The van der Waals surface area contributed by atoms with Gasteiger partial charge in [0.15, 0.2) is 0 Å². The first kappa shape index (κ1) is 16.8. The van der Waals surface area contributed by atoms with Crippen LogP contribution in [0.3, 0.4) is 0 Å². The van der Waals surface area contributed by atoms with Crippen molar-refractivity contribution in [3.63, 3.8) is 0 Å². The third kappa shape index (κ3) is 6.26. The molecule has 116 valence electrons. The molecule has 0 aromatic rings. The van der Waals surface area contributed by atoms with Gasteiger partial charge < -0.3 is 15.7 Å². The Bertz CT molecular complexity index is 337. The molecule has 2 unspecified atom stereocenters. The van der Waals surface area contributed by atoms with E-state index in [-0.39, 0.29) is 25.0 Å². The molecule has 1 aliphatic rings. The number of urea groups is 1. The highest BCUT2D eigenvalue weighted by molar-refractivity contribution is 5.75. The molecule has 1 aliphatic carbocycles. The molecule has 0 radical (unpaired) electrons. The fourth-order valence-electron chi connectivity index (χ4n) is 2.83. The van der Waals surface area contributed by atoms with E-state index in [1.165, 1.54) is 6.42 Å². The molecule has 1 saturated carbocycles. The molecule has 1 fully saturated rings. The van der Waals surface area contributed by atoms with Crippen LogP contribution in [-0.4, -0.2) is 29.7 Å². The summed E-state index contributed by atoms with van der Waals surface area (Å²) in [4.78, 5) is 22.0. The highest BCUT2D eigenvalue weighted by Crippen LogP contribution is 2.36. The van der Waals surface area contributed by atoms with Crippen molar-refractivity contribution in [2.24, 2.45) is 11.3 Å². The SMILES string of the molecule is CC(C)(C)C1CCCC(NC(=O)NCCC(=O)O)CC1. The van der Waals surface area contributed by atoms with E-state index in [0.717, 1.165) is 25.7 Å². The number of hydrogen-bond acceptors (Lipinski definition) is 2. The maximum absolute atomic E-state index is 11.7. The molecule has 0 aromatic heterocycles. The van der Waals surface area contributed by atoms with Crippen LogP contribution in [0, 0.1) is 11.3 Å². The molecule has 5 nitrogen and oxygen atoms in total. The van der Waals surface area contributed by atoms with E-state index in [1.807, 2.05) is 0 Å². The van der Waals surface area contributed by atoms with E-state index >= 15 is 0 Å². The molecule has 5 heteroatoms. The zero-order valence-electron chi connectivity index (χ0n) is 12.9. The van der Waals surface area contributed by atoms with Gasteiger partial charge in [0.25, 0.3) is 0 Å². The van der Waals surface area contributed by atoms with E-state index < -0.39 is 5.97 Å². The van der Waals surface area contributed by atoms with Gasteiger partial charge in [-0.15, -0.1) is 0 Å². The second-order valence-corrected chi connectivity index (χ2v) is 6.81. The second kappa shape index (κ2) is 7.50. The van der Waals surface area contributed by atoms with E-state index in [9.17, 15) is 9.59 Å². The fourth-order valence-corrected chi connectivity index (χ4v) is 2.83. The molecule has 0 spiro atoms. The maximum atomic E-state index is 11.7. The van der Waals surface area contributed by atoms with Crippen LogP contribution in [0.5, 0.6) is 0 Å². The molecule has 3 N–H and O–H groups in total. The van der Waals surface area contributed by atoms with E-state index in [1.54, 1.807) is 0 Å². The molecule has 0 bridgehead atoms. The summed E-state index contributed by atoms with van der Waals surface area (Å²) in [5, 5.41) is 14.1. The van der Waals surface area contributed by atoms with Crippen LogP contribution in [0.1, 0.15) is 59.3 Å². The number of aliphatic carboxylic acids is 1. The van der Waals surface area contributed by atoms with Crippen LogP contribution in [0.25, 0.3) is 0 Å². The highest BCUT2D eigenvalue weighted by atomic mass is 16.4. The summed E-state index contributed by atoms with van der Waals surface area (Å²) in [6.45, 7) is 7.02. The quantitative estimate of drug-likeness (QED) is 0.695. The van der Waals surface area contributed by atoms with Crippen LogP contribution in [0.2, 0.25) is 0 Å². The summed E-state index contributed by atoms with van der Waals surface area (Å²) in [7, 11) is 0. The Balaban J connectivity index is 2.31. The predicted molar refractivity (Wildman–Crippen MR) is 78.6 cm³/mol. The molecule has 0 aliphatic heterocycles. The molecule has 2 atom stereocenters. The van der Waals surface area contributed by atoms with Gasteiger partial charge in [0.05, 0.1) is 6.42 Å². The minimum absolute atomic E-state index is 0.0375. The van der Waals surface area contributed by atoms with Crippen LogP contribution in [-0.2, 0) is 4.79 Å². The van der Waals surface area contributed by atoms with Gasteiger partial charge in [0, 0.05) is 12.6 Å². The van der Waals surface area contributed by atoms with Crippen molar-refractivity contribution >= 4 is 12.0 Å². The molecular formula is C15H28N2O3. The number of nitrogens with one attached hydrogen (secondary N) is 2. The zero-order chi connectivity index (χ0) is 15.2. The normalized spacial score (nSPS) is 23.8. The van der Waals surface area contributed by atoms with Crippen LogP contribution in [0.4, 0.5) is 4.79 Å². The van der Waals surface area contributed by atoms with Gasteiger partial charge in [0.1, 0.15) is 0 Å². The summed E-state index contributed by atoms with van der Waals surface area (Å²) < 4.78 is 0. The third-order valence-corrected chi connectivity index (χ3v) is 4.15. The molecule has 1 rings (SSSR count). The minimum Gasteiger partial charge on any atom is -0.481 e. The number of amides is 2. The first-order chi connectivity index (χ1) is 9.29. The van der Waals surface area contributed by atoms with Gasteiger partial charge in [-0.3, -0.25) is 4.79 Å². The largest absolute Gasteiger partial charge is 0.481 e. The Morgan fingerprint density at radius 3 is 2.45 bits per heavy atom. The molecule has 2 amide bonds. The summed E-state index contributed by atoms with van der Waals surface area (Å²) >= 11 is 0. The third-order valence-electron chi connectivity index (χ3n) is 4.15. The Hall–Kier alpha value is -1.26. The lowest BCUT2D eigenvalue weighted by Crippen LogP contribution is -2.42. The predicted octanol–water partition coefficient (Wildman–Crippen LogP) is 2.76. The Morgan fingerprint density at radius 2 is 1.85 bits per heavy atom. The van der Waals surface area contributed by atoms with Gasteiger partial charge in [-0.2, -0.15) is 0 Å². The Kier molecular flexibility index (Phi) is 6.30. The average Bonchev–Trinajstić information content (AvgIpc) is 2.53. The lowest BCUT2D eigenvalue weighted by atomic mass is 9.76. The van der Waals surface area contributed by atoms with Crippen molar-refractivity contribution in [1.29, 1.82) is 0 Å². The summed E-state index contributed by atoms with van der Waals surface area (Å²) in [6.07, 6.45) is 5.49. The first-order valence-electron chi connectivity index (χ1n) is 7.55. The van der Waals surface area contributed by atoms with E-state index in [2.05, 4.69) is 31.4 Å². The molecule has 20 heavy (non-hydrogen) atoms. The number of rotatable bonds is 4. The second-order valence-electron chi connectivity index (χ2n) is 6.81. The smallest absolute Gasteiger partial charge is 0.315 e. The standard InChI is InChI=1S/C15H28N2O3/c1-15(2,3)11-5-4-6-12(8-7-11)17-14(20)16-10-9-13(18)19/h11-12H,4-10H2,1-3H3,(H,18,19)(H2,16,17,20). The van der Waals surface area contributed by atoms with Crippen LogP contribution in [0.15, 0.2) is 0 Å². The summed E-state index contributed by atoms with van der Waals surface area (Å²) in [6, 6.07) is -0.0300. The van der Waals surface area contributed by atoms with E-state index in [0.29, 0.717) is 11.3 Å². The monoisotopic (exact) mass is 284 g/mol. The number of carbonyl (C=O) groups excluding carboxylic acids is 1. The molecule has 0 heterocycles.